The second kappa shape index (κ2) is 7.70. The number of hydrogen-bond acceptors (Lipinski definition) is 3. The molecule has 0 saturated carbocycles. The first-order chi connectivity index (χ1) is 13.6. The van der Waals surface area contributed by atoms with Crippen LogP contribution in [-0.4, -0.2) is 17.2 Å². The van der Waals surface area contributed by atoms with Gasteiger partial charge in [0.05, 0.1) is 12.1 Å². The van der Waals surface area contributed by atoms with E-state index in [1.807, 2.05) is 30.3 Å². The van der Waals surface area contributed by atoms with Crippen molar-refractivity contribution in [2.75, 3.05) is 5.32 Å². The maximum absolute atomic E-state index is 14.4. The molecule has 4 rings (SSSR count). The van der Waals surface area contributed by atoms with Gasteiger partial charge in [-0.05, 0) is 35.4 Å². The lowest BCUT2D eigenvalue weighted by molar-refractivity contribution is 0.144. The van der Waals surface area contributed by atoms with E-state index in [1.165, 1.54) is 12.1 Å². The molecule has 6 heteroatoms. The van der Waals surface area contributed by atoms with Gasteiger partial charge >= 0.3 is 6.03 Å². The van der Waals surface area contributed by atoms with Crippen molar-refractivity contribution in [3.63, 3.8) is 0 Å². The standard InChI is InChI=1S/C22H19FN2O3/c23-17-11-6-12-19(28-15-8-2-1-3-9-15)21(17)25-22(27)24-20-16-10-5-4-7-14(16)13-18(20)26/h1-12,18,20,26H,13H2,(H2,24,25,27)/t18-,20+/m1/s1. The largest absolute Gasteiger partial charge is 0.455 e. The predicted octanol–water partition coefficient (Wildman–Crippen LogP) is 4.40. The highest BCUT2D eigenvalue weighted by molar-refractivity contribution is 5.91. The van der Waals surface area contributed by atoms with Crippen LogP contribution in [0.1, 0.15) is 17.2 Å². The van der Waals surface area contributed by atoms with Gasteiger partial charge in [0.1, 0.15) is 11.4 Å². The van der Waals surface area contributed by atoms with Gasteiger partial charge in [0.25, 0.3) is 0 Å². The zero-order chi connectivity index (χ0) is 19.5. The quantitative estimate of drug-likeness (QED) is 0.630. The van der Waals surface area contributed by atoms with Crippen LogP contribution in [0, 0.1) is 5.82 Å². The summed E-state index contributed by atoms with van der Waals surface area (Å²) in [7, 11) is 0. The van der Waals surface area contributed by atoms with Crippen LogP contribution in [-0.2, 0) is 6.42 Å². The van der Waals surface area contributed by atoms with Gasteiger partial charge in [-0.2, -0.15) is 0 Å². The third kappa shape index (κ3) is 3.68. The van der Waals surface area contributed by atoms with E-state index in [0.717, 1.165) is 11.1 Å². The summed E-state index contributed by atoms with van der Waals surface area (Å²) in [5, 5.41) is 15.5. The molecule has 3 aromatic carbocycles. The lowest BCUT2D eigenvalue weighted by Crippen LogP contribution is -2.37. The van der Waals surface area contributed by atoms with E-state index < -0.39 is 24.0 Å². The van der Waals surface area contributed by atoms with Gasteiger partial charge in [0.2, 0.25) is 0 Å². The van der Waals surface area contributed by atoms with Gasteiger partial charge in [-0.1, -0.05) is 48.5 Å². The molecular formula is C22H19FN2O3. The monoisotopic (exact) mass is 378 g/mol. The first kappa shape index (κ1) is 18.0. The van der Waals surface area contributed by atoms with Crippen LogP contribution in [0.2, 0.25) is 0 Å². The number of aliphatic hydroxyl groups excluding tert-OH is 1. The first-order valence-corrected chi connectivity index (χ1v) is 8.96. The second-order valence-corrected chi connectivity index (χ2v) is 6.57. The Kier molecular flexibility index (Phi) is 4.95. The van der Waals surface area contributed by atoms with Crippen LogP contribution < -0.4 is 15.4 Å². The van der Waals surface area contributed by atoms with Crippen LogP contribution in [0.25, 0.3) is 0 Å². The highest BCUT2D eigenvalue weighted by Gasteiger charge is 2.32. The van der Waals surface area contributed by atoms with E-state index in [9.17, 15) is 14.3 Å². The summed E-state index contributed by atoms with van der Waals surface area (Å²) in [5.41, 5.74) is 1.78. The molecule has 0 saturated heterocycles. The number of rotatable bonds is 4. The van der Waals surface area contributed by atoms with Crippen LogP contribution in [0.3, 0.4) is 0 Å². The number of benzene rings is 3. The van der Waals surface area contributed by atoms with Crippen molar-refractivity contribution in [1.29, 1.82) is 0 Å². The number of aliphatic hydroxyl groups is 1. The fraction of sp³-hybridized carbons (Fsp3) is 0.136. The molecule has 28 heavy (non-hydrogen) atoms. The molecule has 142 valence electrons. The van der Waals surface area contributed by atoms with Crippen LogP contribution in [0.5, 0.6) is 11.5 Å². The molecule has 0 heterocycles. The Morgan fingerprint density at radius 1 is 1.00 bits per heavy atom. The lowest BCUT2D eigenvalue weighted by Gasteiger charge is -2.19. The molecule has 0 radical (unpaired) electrons. The van der Waals surface area contributed by atoms with Crippen molar-refractivity contribution in [1.82, 2.24) is 5.32 Å². The number of nitrogens with one attached hydrogen (secondary N) is 2. The topological polar surface area (TPSA) is 70.6 Å². The lowest BCUT2D eigenvalue weighted by atomic mass is 10.1. The molecule has 1 aliphatic carbocycles. The Labute approximate surface area is 161 Å². The molecule has 2 atom stereocenters. The Morgan fingerprint density at radius 3 is 2.57 bits per heavy atom. The minimum atomic E-state index is -0.733. The van der Waals surface area contributed by atoms with Crippen molar-refractivity contribution in [2.24, 2.45) is 0 Å². The SMILES string of the molecule is O=C(Nc1c(F)cccc1Oc1ccccc1)N[C@H]1c2ccccc2C[C@H]1O. The molecule has 1 aliphatic rings. The number of urea groups is 1. The maximum atomic E-state index is 14.4. The number of carbonyl (C=O) groups excluding carboxylic acids is 1. The Bertz CT molecular complexity index is 994. The fourth-order valence-electron chi connectivity index (χ4n) is 3.36. The van der Waals surface area contributed by atoms with Crippen LogP contribution in [0.15, 0.2) is 72.8 Å². The molecule has 0 aromatic heterocycles. The van der Waals surface area contributed by atoms with E-state index in [0.29, 0.717) is 12.2 Å². The number of ether oxygens (including phenoxy) is 1. The zero-order valence-electron chi connectivity index (χ0n) is 14.9. The normalized spacial score (nSPS) is 17.6. The number of hydrogen-bond donors (Lipinski definition) is 3. The molecule has 2 amide bonds. The predicted molar refractivity (Wildman–Crippen MR) is 104 cm³/mol. The average Bonchev–Trinajstić information content (AvgIpc) is 3.01. The first-order valence-electron chi connectivity index (χ1n) is 8.96. The second-order valence-electron chi connectivity index (χ2n) is 6.57. The molecule has 0 aliphatic heterocycles. The number of fused-ring (bicyclic) bond motifs is 1. The summed E-state index contributed by atoms with van der Waals surface area (Å²) in [6, 6.07) is 19.6. The minimum absolute atomic E-state index is 0.0652. The van der Waals surface area contributed by atoms with Gasteiger partial charge < -0.3 is 20.5 Å². The molecule has 5 nitrogen and oxygen atoms in total. The van der Waals surface area contributed by atoms with Crippen LogP contribution in [0.4, 0.5) is 14.9 Å². The van der Waals surface area contributed by atoms with E-state index in [4.69, 9.17) is 4.74 Å². The van der Waals surface area contributed by atoms with Gasteiger partial charge in [-0.3, -0.25) is 0 Å². The summed E-state index contributed by atoms with van der Waals surface area (Å²) in [4.78, 5) is 12.5. The number of halogens is 1. The average molecular weight is 378 g/mol. The Balaban J connectivity index is 1.52. The number of anilines is 1. The molecule has 0 spiro atoms. The Morgan fingerprint density at radius 2 is 1.75 bits per heavy atom. The van der Waals surface area contributed by atoms with E-state index >= 15 is 0 Å². The number of carbonyl (C=O) groups is 1. The van der Waals surface area contributed by atoms with E-state index in [2.05, 4.69) is 10.6 Å². The summed E-state index contributed by atoms with van der Waals surface area (Å²) in [6.45, 7) is 0. The van der Waals surface area contributed by atoms with Crippen molar-refractivity contribution in [2.45, 2.75) is 18.6 Å². The molecule has 3 N–H and O–H groups in total. The molecule has 0 bridgehead atoms. The Hall–Kier alpha value is -3.38. The smallest absolute Gasteiger partial charge is 0.319 e. The molecule has 3 aromatic rings. The highest BCUT2D eigenvalue weighted by atomic mass is 19.1. The van der Waals surface area contributed by atoms with Gasteiger partial charge in [0.15, 0.2) is 11.6 Å². The van der Waals surface area contributed by atoms with E-state index in [-0.39, 0.29) is 11.4 Å². The molecular weight excluding hydrogens is 359 g/mol. The molecule has 0 unspecified atom stereocenters. The van der Waals surface area contributed by atoms with Crippen LogP contribution >= 0.6 is 0 Å². The summed E-state index contributed by atoms with van der Waals surface area (Å²) in [5.74, 6) is 0.0985. The summed E-state index contributed by atoms with van der Waals surface area (Å²) < 4.78 is 20.1. The summed E-state index contributed by atoms with van der Waals surface area (Å²) in [6.07, 6.45) is -0.271. The van der Waals surface area contributed by atoms with Crippen molar-refractivity contribution >= 4 is 11.7 Å². The molecule has 0 fully saturated rings. The third-order valence-electron chi connectivity index (χ3n) is 4.68. The van der Waals surface area contributed by atoms with Crippen molar-refractivity contribution in [3.05, 3.63) is 89.7 Å². The van der Waals surface area contributed by atoms with E-state index in [1.54, 1.807) is 30.3 Å². The fourth-order valence-corrected chi connectivity index (χ4v) is 3.36. The number of para-hydroxylation sites is 2. The van der Waals surface area contributed by atoms with Gasteiger partial charge in [-0.15, -0.1) is 0 Å². The maximum Gasteiger partial charge on any atom is 0.319 e. The zero-order valence-corrected chi connectivity index (χ0v) is 14.9. The third-order valence-corrected chi connectivity index (χ3v) is 4.68. The minimum Gasteiger partial charge on any atom is -0.455 e. The summed E-state index contributed by atoms with van der Waals surface area (Å²) >= 11 is 0. The number of amides is 2. The van der Waals surface area contributed by atoms with Crippen molar-refractivity contribution in [3.8, 4) is 11.5 Å². The van der Waals surface area contributed by atoms with Gasteiger partial charge in [-0.25, -0.2) is 9.18 Å². The highest BCUT2D eigenvalue weighted by Crippen LogP contribution is 2.33. The van der Waals surface area contributed by atoms with Gasteiger partial charge in [0, 0.05) is 6.42 Å². The van der Waals surface area contributed by atoms with Crippen molar-refractivity contribution < 1.29 is 19.0 Å².